The van der Waals surface area contributed by atoms with E-state index in [1.807, 2.05) is 32.0 Å². The van der Waals surface area contributed by atoms with Gasteiger partial charge in [0.1, 0.15) is 0 Å². The molecule has 0 atom stereocenters. The minimum Gasteiger partial charge on any atom is -0.481 e. The van der Waals surface area contributed by atoms with Gasteiger partial charge in [0.05, 0.1) is 5.92 Å². The second-order valence-corrected chi connectivity index (χ2v) is 4.99. The highest BCUT2D eigenvalue weighted by Crippen LogP contribution is 2.35. The standard InChI is InChI=1S/C8H11N.C7H10F2O2.C2H6/c9-7-6-8-4-2-1-3-5-8;8-7(9)3-1-5(2-4-7)6(10)11;1-2/h1-5H,6-7,9H2;5H,1-4H2,(H,10,11);1-2H3. The number of hydrogen-bond acceptors (Lipinski definition) is 2. The summed E-state index contributed by atoms with van der Waals surface area (Å²) in [7, 11) is 0. The van der Waals surface area contributed by atoms with Gasteiger partial charge in [0.25, 0.3) is 0 Å². The lowest BCUT2D eigenvalue weighted by atomic mass is 9.87. The average Bonchev–Trinajstić information content (AvgIpc) is 2.51. The molecule has 22 heavy (non-hydrogen) atoms. The first-order valence-corrected chi connectivity index (χ1v) is 7.79. The molecule has 1 aliphatic rings. The maximum Gasteiger partial charge on any atom is 0.306 e. The Balaban J connectivity index is 0.000000366. The molecule has 0 radical (unpaired) electrons. The van der Waals surface area contributed by atoms with E-state index >= 15 is 0 Å². The van der Waals surface area contributed by atoms with Crippen molar-refractivity contribution in [2.75, 3.05) is 6.54 Å². The molecule has 0 amide bonds. The van der Waals surface area contributed by atoms with Gasteiger partial charge in [-0.25, -0.2) is 8.78 Å². The zero-order valence-corrected chi connectivity index (χ0v) is 13.4. The molecule has 126 valence electrons. The minimum atomic E-state index is -2.62. The van der Waals surface area contributed by atoms with E-state index in [4.69, 9.17) is 10.8 Å². The van der Waals surface area contributed by atoms with Crippen LogP contribution in [0.3, 0.4) is 0 Å². The lowest BCUT2D eigenvalue weighted by molar-refractivity contribution is -0.145. The molecule has 0 unspecified atom stereocenters. The summed E-state index contributed by atoms with van der Waals surface area (Å²) in [6.07, 6.45) is 0.666. The fourth-order valence-electron chi connectivity index (χ4n) is 2.10. The summed E-state index contributed by atoms with van der Waals surface area (Å²) in [6.45, 7) is 4.74. The molecule has 0 heterocycles. The smallest absolute Gasteiger partial charge is 0.306 e. The van der Waals surface area contributed by atoms with Crippen LogP contribution in [-0.4, -0.2) is 23.5 Å². The monoisotopic (exact) mass is 315 g/mol. The fourth-order valence-corrected chi connectivity index (χ4v) is 2.10. The van der Waals surface area contributed by atoms with E-state index in [0.717, 1.165) is 13.0 Å². The molecule has 5 heteroatoms. The van der Waals surface area contributed by atoms with Crippen molar-refractivity contribution in [2.45, 2.75) is 51.9 Å². The lowest BCUT2D eigenvalue weighted by Crippen LogP contribution is -2.28. The van der Waals surface area contributed by atoms with Gasteiger partial charge in [-0.15, -0.1) is 0 Å². The highest BCUT2D eigenvalue weighted by atomic mass is 19.3. The van der Waals surface area contributed by atoms with E-state index in [9.17, 15) is 13.6 Å². The molecule has 0 aliphatic heterocycles. The van der Waals surface area contributed by atoms with Crippen LogP contribution in [0.1, 0.15) is 45.1 Å². The van der Waals surface area contributed by atoms with Gasteiger partial charge in [-0.3, -0.25) is 4.79 Å². The van der Waals surface area contributed by atoms with Crippen LogP contribution in [0.15, 0.2) is 30.3 Å². The van der Waals surface area contributed by atoms with E-state index in [2.05, 4.69) is 12.1 Å². The second kappa shape index (κ2) is 11.1. The van der Waals surface area contributed by atoms with Crippen molar-refractivity contribution in [2.24, 2.45) is 11.7 Å². The van der Waals surface area contributed by atoms with Crippen molar-refractivity contribution in [3.05, 3.63) is 35.9 Å². The molecule has 3 nitrogen and oxygen atoms in total. The Morgan fingerprint density at radius 2 is 1.73 bits per heavy atom. The topological polar surface area (TPSA) is 63.3 Å². The van der Waals surface area contributed by atoms with Gasteiger partial charge in [0.2, 0.25) is 5.92 Å². The van der Waals surface area contributed by atoms with Gasteiger partial charge in [-0.05, 0) is 31.4 Å². The Hall–Kier alpha value is -1.49. The molecular formula is C17H27F2NO2. The van der Waals surface area contributed by atoms with E-state index in [-0.39, 0.29) is 25.7 Å². The van der Waals surface area contributed by atoms with Crippen LogP contribution in [0, 0.1) is 5.92 Å². The maximum absolute atomic E-state index is 12.4. The second-order valence-electron chi connectivity index (χ2n) is 4.99. The first-order valence-electron chi connectivity index (χ1n) is 7.79. The van der Waals surface area contributed by atoms with Crippen LogP contribution in [0.2, 0.25) is 0 Å². The summed E-state index contributed by atoms with van der Waals surface area (Å²) < 4.78 is 24.9. The summed E-state index contributed by atoms with van der Waals surface area (Å²) >= 11 is 0. The molecule has 3 N–H and O–H groups in total. The van der Waals surface area contributed by atoms with E-state index in [0.29, 0.717) is 0 Å². The first kappa shape index (κ1) is 20.5. The Labute approximate surface area is 131 Å². The summed E-state index contributed by atoms with van der Waals surface area (Å²) in [4.78, 5) is 10.3. The van der Waals surface area contributed by atoms with Crippen LogP contribution < -0.4 is 5.73 Å². The predicted molar refractivity (Wildman–Crippen MR) is 85.1 cm³/mol. The Morgan fingerprint density at radius 1 is 1.23 bits per heavy atom. The Kier molecular flexibility index (Phi) is 10.4. The van der Waals surface area contributed by atoms with E-state index < -0.39 is 17.8 Å². The number of nitrogens with two attached hydrogens (primary N) is 1. The third-order valence-corrected chi connectivity index (χ3v) is 3.34. The van der Waals surface area contributed by atoms with Crippen LogP contribution in [-0.2, 0) is 11.2 Å². The van der Waals surface area contributed by atoms with Crippen molar-refractivity contribution in [3.8, 4) is 0 Å². The maximum atomic E-state index is 12.4. The van der Waals surface area contributed by atoms with Crippen molar-refractivity contribution in [3.63, 3.8) is 0 Å². The van der Waals surface area contributed by atoms with Crippen molar-refractivity contribution in [1.82, 2.24) is 0 Å². The van der Waals surface area contributed by atoms with Gasteiger partial charge in [0.15, 0.2) is 0 Å². The quantitative estimate of drug-likeness (QED) is 0.882. The minimum absolute atomic E-state index is 0.113. The molecule has 1 aliphatic carbocycles. The molecule has 2 rings (SSSR count). The summed E-state index contributed by atoms with van der Waals surface area (Å²) in [5, 5.41) is 8.46. The van der Waals surface area contributed by atoms with Crippen LogP contribution >= 0.6 is 0 Å². The highest BCUT2D eigenvalue weighted by Gasteiger charge is 2.37. The number of hydrogen-bond donors (Lipinski definition) is 2. The molecule has 0 bridgehead atoms. The number of benzene rings is 1. The SMILES string of the molecule is CC.NCCc1ccccc1.O=C(O)C1CCC(F)(F)CC1. The Morgan fingerprint density at radius 3 is 2.14 bits per heavy atom. The number of carboxylic acids is 1. The molecule has 1 aromatic rings. The highest BCUT2D eigenvalue weighted by molar-refractivity contribution is 5.70. The molecule has 0 aromatic heterocycles. The Bertz CT molecular complexity index is 400. The zero-order valence-electron chi connectivity index (χ0n) is 13.4. The predicted octanol–water partition coefficient (Wildman–Crippen LogP) is 4.11. The number of carbonyl (C=O) groups is 1. The van der Waals surface area contributed by atoms with Gasteiger partial charge in [-0.1, -0.05) is 44.2 Å². The molecule has 1 aromatic carbocycles. The van der Waals surface area contributed by atoms with Gasteiger partial charge >= 0.3 is 5.97 Å². The largest absolute Gasteiger partial charge is 0.481 e. The van der Waals surface area contributed by atoms with Crippen LogP contribution in [0.25, 0.3) is 0 Å². The zero-order chi connectivity index (χ0) is 17.0. The average molecular weight is 315 g/mol. The van der Waals surface area contributed by atoms with E-state index in [1.54, 1.807) is 0 Å². The van der Waals surface area contributed by atoms with Crippen molar-refractivity contribution in [1.29, 1.82) is 0 Å². The van der Waals surface area contributed by atoms with Gasteiger partial charge in [0, 0.05) is 12.8 Å². The number of carboxylic acid groups (broad SMARTS) is 1. The molecule has 1 fully saturated rings. The molecule has 0 saturated heterocycles. The summed E-state index contributed by atoms with van der Waals surface area (Å²) in [5.74, 6) is -4.11. The number of alkyl halides is 2. The third kappa shape index (κ3) is 8.72. The number of aliphatic carboxylic acids is 1. The molecule has 1 saturated carbocycles. The normalized spacial score (nSPS) is 16.6. The van der Waals surface area contributed by atoms with Crippen molar-refractivity contribution < 1.29 is 18.7 Å². The fraction of sp³-hybridized carbons (Fsp3) is 0.588. The third-order valence-electron chi connectivity index (χ3n) is 3.34. The number of rotatable bonds is 3. The molecule has 0 spiro atoms. The summed E-state index contributed by atoms with van der Waals surface area (Å²) in [6, 6.07) is 10.3. The first-order chi connectivity index (χ1) is 10.4. The van der Waals surface area contributed by atoms with E-state index in [1.165, 1.54) is 5.56 Å². The lowest BCUT2D eigenvalue weighted by Gasteiger charge is -2.25. The number of halogens is 2. The van der Waals surface area contributed by atoms with Crippen LogP contribution in [0.4, 0.5) is 8.78 Å². The van der Waals surface area contributed by atoms with Gasteiger partial charge in [-0.2, -0.15) is 0 Å². The molecular weight excluding hydrogens is 288 g/mol. The van der Waals surface area contributed by atoms with Gasteiger partial charge < -0.3 is 10.8 Å². The summed E-state index contributed by atoms with van der Waals surface area (Å²) in [5.41, 5.74) is 6.68. The van der Waals surface area contributed by atoms with Crippen LogP contribution in [0.5, 0.6) is 0 Å². The van der Waals surface area contributed by atoms with Crippen molar-refractivity contribution >= 4 is 5.97 Å².